The summed E-state index contributed by atoms with van der Waals surface area (Å²) >= 11 is 3.64. The minimum Gasteiger partial charge on any atom is -0.0922 e. The molecule has 0 N–H and O–H groups in total. The molecule has 0 spiro atoms. The molecule has 0 aliphatic rings. The Morgan fingerprint density at radius 1 is 1.80 bits per heavy atom. The van der Waals surface area contributed by atoms with Crippen LogP contribution in [-0.4, -0.2) is 0 Å². The molecule has 0 saturated heterocycles. The second kappa shape index (κ2) is 3.91. The molecule has 0 heterocycles. The molecule has 0 radical (unpaired) electrons. The van der Waals surface area contributed by atoms with Crippen LogP contribution >= 0.6 is 12.6 Å². The van der Waals surface area contributed by atoms with Crippen molar-refractivity contribution in [2.24, 2.45) is 0 Å². The second-order valence-corrected chi connectivity index (χ2v) is 0.866. The Hall–Kier alpha value is -0.0900. The third-order valence-electron chi connectivity index (χ3n) is 0.256. The molecule has 0 bridgehead atoms. The van der Waals surface area contributed by atoms with Gasteiger partial charge < -0.3 is 0 Å². The van der Waals surface area contributed by atoms with Crippen LogP contribution in [0.5, 0.6) is 0 Å². The number of rotatable bonds is 0. The largest absolute Gasteiger partial charge is 0.0922 e. The van der Waals surface area contributed by atoms with Gasteiger partial charge in [-0.05, 0) is 5.25 Å². The molecule has 1 heteroatoms. The first-order valence-electron chi connectivity index (χ1n) is 1.53. The average Bonchev–Trinajstić information content (AvgIpc) is 1.41. The molecular formula is C4H6S. The van der Waals surface area contributed by atoms with Crippen molar-refractivity contribution in [2.45, 2.75) is 13.3 Å². The van der Waals surface area contributed by atoms with Crippen LogP contribution in [0.25, 0.3) is 0 Å². The first-order valence-corrected chi connectivity index (χ1v) is 1.98. The van der Waals surface area contributed by atoms with Crippen molar-refractivity contribution in [2.75, 3.05) is 0 Å². The summed E-state index contributed by atoms with van der Waals surface area (Å²) in [6.07, 6.45) is 0.906. The normalized spacial score (nSPS) is 5.20. The highest BCUT2D eigenvalue weighted by Gasteiger charge is 1.49. The molecule has 0 nitrogen and oxygen atoms in total. The highest BCUT2D eigenvalue weighted by molar-refractivity contribution is 7.85. The fourth-order valence-electron chi connectivity index (χ4n) is 0.0791. The van der Waals surface area contributed by atoms with Gasteiger partial charge in [0.05, 0.1) is 0 Å². The average molecular weight is 86.2 g/mol. The van der Waals surface area contributed by atoms with E-state index in [1.54, 1.807) is 0 Å². The van der Waals surface area contributed by atoms with E-state index in [1.165, 1.54) is 0 Å². The monoisotopic (exact) mass is 86.0 g/mol. The highest BCUT2D eigenvalue weighted by atomic mass is 32.1. The molecule has 28 valence electrons. The maximum absolute atomic E-state index is 3.64. The summed E-state index contributed by atoms with van der Waals surface area (Å²) in [5.41, 5.74) is 0. The van der Waals surface area contributed by atoms with Gasteiger partial charge >= 0.3 is 0 Å². The maximum Gasteiger partial charge on any atom is 0.00691 e. The third-order valence-corrected chi connectivity index (χ3v) is 0.414. The van der Waals surface area contributed by atoms with Crippen LogP contribution in [0.4, 0.5) is 0 Å². The van der Waals surface area contributed by atoms with Gasteiger partial charge in [-0.1, -0.05) is 25.5 Å². The van der Waals surface area contributed by atoms with Gasteiger partial charge in [-0.15, -0.1) is 0 Å². The summed E-state index contributed by atoms with van der Waals surface area (Å²) < 4.78 is 0. The summed E-state index contributed by atoms with van der Waals surface area (Å²) in [7, 11) is 0. The zero-order chi connectivity index (χ0) is 4.12. The van der Waals surface area contributed by atoms with Gasteiger partial charge in [0.15, 0.2) is 0 Å². The minimum atomic E-state index is 0.906. The summed E-state index contributed by atoms with van der Waals surface area (Å²) in [6, 6.07) is 0. The van der Waals surface area contributed by atoms with E-state index in [-0.39, 0.29) is 0 Å². The lowest BCUT2D eigenvalue weighted by atomic mass is 10.5. The third kappa shape index (κ3) is 3.91. The molecule has 0 aromatic carbocycles. The Morgan fingerprint density at radius 3 is 2.40 bits per heavy atom. The van der Waals surface area contributed by atoms with E-state index in [2.05, 4.69) is 23.8 Å². The molecule has 0 aromatic heterocycles. The molecule has 0 aliphatic heterocycles. The molecule has 5 heavy (non-hydrogen) atoms. The summed E-state index contributed by atoms with van der Waals surface area (Å²) in [5.74, 6) is 2.73. The first-order chi connectivity index (χ1) is 2.41. The van der Waals surface area contributed by atoms with E-state index in [4.69, 9.17) is 0 Å². The van der Waals surface area contributed by atoms with Crippen LogP contribution < -0.4 is 0 Å². The Balaban J connectivity index is 2.81. The minimum absolute atomic E-state index is 0.906. The van der Waals surface area contributed by atoms with Crippen LogP contribution in [-0.2, 0) is 0 Å². The SMILES string of the molecule is CCC#CS. The quantitative estimate of drug-likeness (QED) is 0.333. The molecule has 0 saturated carbocycles. The molecule has 0 atom stereocenters. The van der Waals surface area contributed by atoms with Crippen molar-refractivity contribution in [3.8, 4) is 11.2 Å². The topological polar surface area (TPSA) is 0 Å². The summed E-state index contributed by atoms with van der Waals surface area (Å²) in [5, 5.41) is 2.46. The predicted octanol–water partition coefficient (Wildman–Crippen LogP) is 1.29. The predicted molar refractivity (Wildman–Crippen MR) is 27.1 cm³/mol. The standard InChI is InChI=1S/C4H6S/c1-2-3-4-5/h5H,2H2,1H3. The maximum atomic E-state index is 3.64. The lowest BCUT2D eigenvalue weighted by Crippen LogP contribution is -1.42. The van der Waals surface area contributed by atoms with Crippen molar-refractivity contribution in [3.05, 3.63) is 0 Å². The molecule has 0 aromatic rings. The Bertz CT molecular complexity index is 55.8. The van der Waals surface area contributed by atoms with Gasteiger partial charge in [0.2, 0.25) is 0 Å². The second-order valence-electron chi connectivity index (χ2n) is 0.642. The molecule has 0 amide bonds. The fourth-order valence-corrected chi connectivity index (χ4v) is 0.237. The Morgan fingerprint density at radius 2 is 2.40 bits per heavy atom. The van der Waals surface area contributed by atoms with Crippen LogP contribution in [0, 0.1) is 11.2 Å². The molecule has 0 fully saturated rings. The molecule has 0 rings (SSSR count). The van der Waals surface area contributed by atoms with Gasteiger partial charge in [-0.3, -0.25) is 0 Å². The lowest BCUT2D eigenvalue weighted by Gasteiger charge is -1.57. The lowest BCUT2D eigenvalue weighted by molar-refractivity contribution is 1.28. The van der Waals surface area contributed by atoms with E-state index >= 15 is 0 Å². The van der Waals surface area contributed by atoms with E-state index < -0.39 is 0 Å². The molecule has 0 aliphatic carbocycles. The van der Waals surface area contributed by atoms with Crippen LogP contribution in [0.2, 0.25) is 0 Å². The smallest absolute Gasteiger partial charge is 0.00691 e. The van der Waals surface area contributed by atoms with Gasteiger partial charge in [0.25, 0.3) is 0 Å². The molecule has 0 unspecified atom stereocenters. The van der Waals surface area contributed by atoms with Crippen LogP contribution in [0.1, 0.15) is 13.3 Å². The Labute approximate surface area is 38.0 Å². The fraction of sp³-hybridized carbons (Fsp3) is 0.500. The summed E-state index contributed by atoms with van der Waals surface area (Å²) in [4.78, 5) is 0. The van der Waals surface area contributed by atoms with E-state index in [1.807, 2.05) is 6.92 Å². The van der Waals surface area contributed by atoms with Crippen molar-refractivity contribution in [1.29, 1.82) is 0 Å². The van der Waals surface area contributed by atoms with Crippen molar-refractivity contribution >= 4 is 12.6 Å². The van der Waals surface area contributed by atoms with Gasteiger partial charge in [0.1, 0.15) is 0 Å². The number of hydrogen-bond acceptors (Lipinski definition) is 1. The van der Waals surface area contributed by atoms with E-state index in [0.717, 1.165) is 6.42 Å². The zero-order valence-corrected chi connectivity index (χ0v) is 4.05. The van der Waals surface area contributed by atoms with Crippen molar-refractivity contribution in [3.63, 3.8) is 0 Å². The molecular weight excluding hydrogens is 80.1 g/mol. The first kappa shape index (κ1) is 4.91. The van der Waals surface area contributed by atoms with Crippen molar-refractivity contribution in [1.82, 2.24) is 0 Å². The zero-order valence-electron chi connectivity index (χ0n) is 3.15. The van der Waals surface area contributed by atoms with Gasteiger partial charge in [-0.25, -0.2) is 0 Å². The van der Waals surface area contributed by atoms with Crippen LogP contribution in [0.3, 0.4) is 0 Å². The number of thiol groups is 1. The summed E-state index contributed by atoms with van der Waals surface area (Å²) in [6.45, 7) is 1.99. The van der Waals surface area contributed by atoms with Gasteiger partial charge in [0, 0.05) is 6.42 Å². The van der Waals surface area contributed by atoms with E-state index in [9.17, 15) is 0 Å². The van der Waals surface area contributed by atoms with Gasteiger partial charge in [-0.2, -0.15) is 0 Å². The Kier molecular flexibility index (Phi) is 3.84. The highest BCUT2D eigenvalue weighted by Crippen LogP contribution is 1.66. The number of hydrogen-bond donors (Lipinski definition) is 1. The van der Waals surface area contributed by atoms with E-state index in [0.29, 0.717) is 0 Å². The van der Waals surface area contributed by atoms with Crippen molar-refractivity contribution < 1.29 is 0 Å². The van der Waals surface area contributed by atoms with Crippen LogP contribution in [0.15, 0.2) is 0 Å².